The number of nitrogens with two attached hydrogens (primary N) is 3. The van der Waals surface area contributed by atoms with Crippen LogP contribution >= 0.6 is 11.3 Å². The number of amidine groups is 1. The van der Waals surface area contributed by atoms with Crippen LogP contribution in [0.4, 0.5) is 5.13 Å². The van der Waals surface area contributed by atoms with Gasteiger partial charge in [0.05, 0.1) is 26.4 Å². The quantitative estimate of drug-likeness (QED) is 0.452. The number of sulfone groups is 1. The van der Waals surface area contributed by atoms with Gasteiger partial charge in [-0.15, -0.1) is 5.11 Å². The maximum atomic E-state index is 13.2. The van der Waals surface area contributed by atoms with Crippen LogP contribution in [-0.4, -0.2) is 45.6 Å². The fourth-order valence-electron chi connectivity index (χ4n) is 3.65. The molecule has 33 heavy (non-hydrogen) atoms. The van der Waals surface area contributed by atoms with Crippen LogP contribution in [0.5, 0.6) is 0 Å². The summed E-state index contributed by atoms with van der Waals surface area (Å²) in [6.07, 6.45) is 0. The lowest BCUT2D eigenvalue weighted by Gasteiger charge is -2.21. The van der Waals surface area contributed by atoms with Crippen molar-refractivity contribution in [2.75, 3.05) is 18.2 Å². The van der Waals surface area contributed by atoms with Gasteiger partial charge in [0.25, 0.3) is 0 Å². The second kappa shape index (κ2) is 7.92. The van der Waals surface area contributed by atoms with E-state index in [0.29, 0.717) is 21.8 Å². The van der Waals surface area contributed by atoms with Crippen LogP contribution in [0.15, 0.2) is 55.3 Å². The molecule has 1 aromatic heterocycles. The summed E-state index contributed by atoms with van der Waals surface area (Å²) in [5, 5.41) is 13.6. The Morgan fingerprint density at radius 2 is 1.82 bits per heavy atom. The summed E-state index contributed by atoms with van der Waals surface area (Å²) >= 11 is 1.26. The SMILES string of the molecule is CC(C)(N)CS(=O)(=O)c1ccc(-c2cccc3sc(N)nc23)c(C2=NCN=N2)c1S(N)(=O)=O. The summed E-state index contributed by atoms with van der Waals surface area (Å²) in [7, 11) is -8.73. The van der Waals surface area contributed by atoms with E-state index >= 15 is 0 Å². The third kappa shape index (κ3) is 4.52. The van der Waals surface area contributed by atoms with Gasteiger partial charge in [-0.3, -0.25) is 0 Å². The predicted molar refractivity (Wildman–Crippen MR) is 127 cm³/mol. The van der Waals surface area contributed by atoms with Crippen molar-refractivity contribution >= 4 is 52.4 Å². The van der Waals surface area contributed by atoms with Gasteiger partial charge in [0.1, 0.15) is 4.90 Å². The van der Waals surface area contributed by atoms with Gasteiger partial charge in [-0.2, -0.15) is 5.11 Å². The third-order valence-corrected chi connectivity index (χ3v) is 8.81. The Balaban J connectivity index is 2.14. The van der Waals surface area contributed by atoms with Crippen molar-refractivity contribution in [3.63, 3.8) is 0 Å². The normalized spacial score (nSPS) is 14.7. The number of anilines is 1. The molecule has 0 bridgehead atoms. The van der Waals surface area contributed by atoms with E-state index in [1.807, 2.05) is 6.07 Å². The van der Waals surface area contributed by atoms with Crippen molar-refractivity contribution in [3.05, 3.63) is 35.9 Å². The van der Waals surface area contributed by atoms with Crippen molar-refractivity contribution in [1.82, 2.24) is 4.98 Å². The molecule has 0 aliphatic carbocycles. The molecule has 174 valence electrons. The molecule has 0 fully saturated rings. The second-order valence-electron chi connectivity index (χ2n) is 8.18. The zero-order valence-corrected chi connectivity index (χ0v) is 20.1. The highest BCUT2D eigenvalue weighted by molar-refractivity contribution is 7.93. The minimum absolute atomic E-state index is 0.0283. The number of nitrogen functional groups attached to an aromatic ring is 1. The molecule has 14 heteroatoms. The first-order chi connectivity index (χ1) is 15.3. The number of primary sulfonamides is 1. The number of thiazole rings is 1. The molecular weight excluding hydrogens is 486 g/mol. The van der Waals surface area contributed by atoms with Crippen LogP contribution in [0, 0.1) is 0 Å². The van der Waals surface area contributed by atoms with E-state index in [2.05, 4.69) is 20.2 Å². The summed E-state index contributed by atoms with van der Waals surface area (Å²) < 4.78 is 52.8. The Morgan fingerprint density at radius 1 is 1.09 bits per heavy atom. The molecule has 3 aromatic rings. The van der Waals surface area contributed by atoms with Crippen LogP contribution in [0.1, 0.15) is 19.4 Å². The Bertz CT molecular complexity index is 1550. The number of fused-ring (bicyclic) bond motifs is 1. The maximum absolute atomic E-state index is 13.2. The molecule has 11 nitrogen and oxygen atoms in total. The lowest BCUT2D eigenvalue weighted by molar-refractivity contribution is 0.541. The molecule has 0 saturated carbocycles. The number of rotatable bonds is 6. The number of hydrogen-bond acceptors (Lipinski definition) is 11. The smallest absolute Gasteiger partial charge is 0.240 e. The van der Waals surface area contributed by atoms with Gasteiger partial charge in [-0.1, -0.05) is 29.5 Å². The Hall–Kier alpha value is -2.78. The number of benzene rings is 2. The molecule has 0 spiro atoms. The van der Waals surface area contributed by atoms with Gasteiger partial charge in [0, 0.05) is 11.1 Å². The first-order valence-electron chi connectivity index (χ1n) is 9.57. The number of aliphatic imine (C=N–C) groups is 1. The van der Waals surface area contributed by atoms with E-state index in [1.54, 1.807) is 12.1 Å². The molecule has 0 atom stereocenters. The third-order valence-electron chi connectivity index (χ3n) is 4.70. The lowest BCUT2D eigenvalue weighted by atomic mass is 9.98. The fraction of sp³-hybridized carbons (Fsp3) is 0.263. The Kier molecular flexibility index (Phi) is 5.61. The minimum Gasteiger partial charge on any atom is -0.375 e. The van der Waals surface area contributed by atoms with Crippen molar-refractivity contribution < 1.29 is 16.8 Å². The maximum Gasteiger partial charge on any atom is 0.240 e. The van der Waals surface area contributed by atoms with Crippen molar-refractivity contribution in [2.45, 2.75) is 29.2 Å². The lowest BCUT2D eigenvalue weighted by Crippen LogP contribution is -2.40. The second-order valence-corrected chi connectivity index (χ2v) is 12.7. The molecule has 0 unspecified atom stereocenters. The largest absolute Gasteiger partial charge is 0.375 e. The van der Waals surface area contributed by atoms with Gasteiger partial charge in [-0.25, -0.2) is 32.0 Å². The molecule has 1 aliphatic heterocycles. The topological polar surface area (TPSA) is 196 Å². The summed E-state index contributed by atoms with van der Waals surface area (Å²) in [6, 6.07) is 8.00. The Labute approximate surface area is 194 Å². The van der Waals surface area contributed by atoms with Crippen LogP contribution in [0.3, 0.4) is 0 Å². The molecule has 1 aliphatic rings. The number of aromatic nitrogens is 1. The first-order valence-corrected chi connectivity index (χ1v) is 13.6. The van der Waals surface area contributed by atoms with E-state index < -0.39 is 40.9 Å². The van der Waals surface area contributed by atoms with Gasteiger partial charge >= 0.3 is 0 Å². The van der Waals surface area contributed by atoms with E-state index in [9.17, 15) is 16.8 Å². The van der Waals surface area contributed by atoms with Crippen LogP contribution in [0.2, 0.25) is 0 Å². The zero-order chi connectivity index (χ0) is 24.2. The number of hydrogen-bond donors (Lipinski definition) is 3. The number of azo groups is 1. The van der Waals surface area contributed by atoms with Crippen molar-refractivity contribution in [1.29, 1.82) is 0 Å². The molecule has 0 amide bonds. The van der Waals surface area contributed by atoms with Gasteiger partial charge in [0.15, 0.2) is 27.5 Å². The highest BCUT2D eigenvalue weighted by Gasteiger charge is 2.35. The van der Waals surface area contributed by atoms with Crippen LogP contribution in [0.25, 0.3) is 21.3 Å². The first kappa shape index (κ1) is 23.4. The number of nitrogens with zero attached hydrogens (tertiary/aromatic N) is 4. The molecule has 2 heterocycles. The van der Waals surface area contributed by atoms with Gasteiger partial charge in [-0.05, 0) is 31.5 Å². The summed E-state index contributed by atoms with van der Waals surface area (Å²) in [6.45, 7) is 3.03. The van der Waals surface area contributed by atoms with E-state index in [4.69, 9.17) is 16.6 Å². The molecule has 0 radical (unpaired) electrons. The molecule has 4 rings (SSSR count). The number of para-hydroxylation sites is 1. The summed E-state index contributed by atoms with van der Waals surface area (Å²) in [5.74, 6) is -0.550. The van der Waals surface area contributed by atoms with Crippen LogP contribution < -0.4 is 16.6 Å². The van der Waals surface area contributed by atoms with E-state index in [-0.39, 0.29) is 18.1 Å². The summed E-state index contributed by atoms with van der Waals surface area (Å²) in [4.78, 5) is 7.42. The van der Waals surface area contributed by atoms with E-state index in [0.717, 1.165) is 4.70 Å². The highest BCUT2D eigenvalue weighted by atomic mass is 32.2. The average molecular weight is 508 g/mol. The summed E-state index contributed by atoms with van der Waals surface area (Å²) in [5.41, 5.74) is 12.0. The zero-order valence-electron chi connectivity index (χ0n) is 17.7. The highest BCUT2D eigenvalue weighted by Crippen LogP contribution is 2.39. The van der Waals surface area contributed by atoms with Gasteiger partial charge in [0.2, 0.25) is 10.0 Å². The molecule has 2 aromatic carbocycles. The van der Waals surface area contributed by atoms with Crippen LogP contribution in [-0.2, 0) is 19.9 Å². The monoisotopic (exact) mass is 507 g/mol. The Morgan fingerprint density at radius 3 is 2.42 bits per heavy atom. The van der Waals surface area contributed by atoms with Crippen molar-refractivity contribution in [2.24, 2.45) is 26.1 Å². The molecular formula is C19H21N7O4S3. The average Bonchev–Trinajstić information content (AvgIpc) is 3.32. The minimum atomic E-state index is -4.56. The molecule has 6 N–H and O–H groups in total. The van der Waals surface area contributed by atoms with Crippen molar-refractivity contribution in [3.8, 4) is 11.1 Å². The standard InChI is InChI=1S/C19H21N7O4S3/c1-19(2,21)8-32(27,28)13-7-6-10(11-4-3-5-12-15(11)25-18(20)31-12)14(16(13)33(22,29)30)17-23-9-24-26-17/h3-7H,8-9,21H2,1-2H3,(H2,20,25)(H2,22,29,30). The van der Waals surface area contributed by atoms with E-state index in [1.165, 1.54) is 37.3 Å². The van der Waals surface area contributed by atoms with Gasteiger partial charge < -0.3 is 11.5 Å². The fourth-order valence-corrected chi connectivity index (χ4v) is 7.77. The predicted octanol–water partition coefficient (Wildman–Crippen LogP) is 1.87. The molecule has 0 saturated heterocycles. The number of sulfonamides is 1.